The van der Waals surface area contributed by atoms with Gasteiger partial charge in [-0.3, -0.25) is 9.36 Å². The summed E-state index contributed by atoms with van der Waals surface area (Å²) in [6.07, 6.45) is 3.48. The zero-order valence-electron chi connectivity index (χ0n) is 17.6. The Balaban J connectivity index is 1.55. The maximum atomic E-state index is 13.0. The van der Waals surface area contributed by atoms with Crippen molar-refractivity contribution in [2.75, 3.05) is 25.0 Å². The average molecular weight is 450 g/mol. The Morgan fingerprint density at radius 3 is 2.75 bits per heavy atom. The van der Waals surface area contributed by atoms with Crippen molar-refractivity contribution in [3.63, 3.8) is 0 Å². The van der Waals surface area contributed by atoms with Crippen molar-refractivity contribution in [3.05, 3.63) is 76.8 Å². The molecule has 8 heteroatoms. The SMILES string of the molecule is COc1ccc(C2CCOCC2)cc1-n1c(=O)ccc2cc(SNc3ccon3)ccc21. The quantitative estimate of drug-likeness (QED) is 0.415. The molecule has 1 aliphatic heterocycles. The molecule has 0 amide bonds. The van der Waals surface area contributed by atoms with E-state index in [2.05, 4.69) is 22.0 Å². The first-order valence-electron chi connectivity index (χ1n) is 10.5. The molecule has 0 aliphatic carbocycles. The van der Waals surface area contributed by atoms with Crippen LogP contribution in [0.1, 0.15) is 24.3 Å². The zero-order chi connectivity index (χ0) is 21.9. The summed E-state index contributed by atoms with van der Waals surface area (Å²) < 4.78 is 20.9. The van der Waals surface area contributed by atoms with Crippen molar-refractivity contribution in [2.45, 2.75) is 23.7 Å². The van der Waals surface area contributed by atoms with Crippen molar-refractivity contribution >= 4 is 28.7 Å². The van der Waals surface area contributed by atoms with Crippen LogP contribution in [0, 0.1) is 0 Å². The normalized spacial score (nSPS) is 14.5. The molecule has 0 atom stereocenters. The van der Waals surface area contributed by atoms with E-state index in [1.54, 1.807) is 23.8 Å². The Morgan fingerprint density at radius 1 is 1.09 bits per heavy atom. The van der Waals surface area contributed by atoms with Gasteiger partial charge in [0.1, 0.15) is 12.0 Å². The van der Waals surface area contributed by atoms with E-state index < -0.39 is 0 Å². The first kappa shape index (κ1) is 20.7. The van der Waals surface area contributed by atoms with Gasteiger partial charge in [0.05, 0.1) is 18.3 Å². The highest BCUT2D eigenvalue weighted by Crippen LogP contribution is 2.33. The fourth-order valence-corrected chi connectivity index (χ4v) is 4.73. The Bertz CT molecular complexity index is 1280. The lowest BCUT2D eigenvalue weighted by atomic mass is 9.91. The number of fused-ring (bicyclic) bond motifs is 1. The van der Waals surface area contributed by atoms with Crippen LogP contribution in [0.25, 0.3) is 16.6 Å². The second kappa shape index (κ2) is 9.10. The van der Waals surface area contributed by atoms with E-state index in [1.807, 2.05) is 30.3 Å². The summed E-state index contributed by atoms with van der Waals surface area (Å²) in [5.41, 5.74) is 2.69. The lowest BCUT2D eigenvalue weighted by Gasteiger charge is -2.24. The molecule has 0 unspecified atom stereocenters. The van der Waals surface area contributed by atoms with Gasteiger partial charge in [-0.05, 0) is 78.1 Å². The average Bonchev–Trinajstić information content (AvgIpc) is 3.37. The standard InChI is InChI=1S/C24H23N3O4S/c1-29-22-6-2-17(16-8-11-30-12-9-16)15-21(22)27-20-5-4-19(14-18(20)3-7-24(27)28)32-26-23-10-13-31-25-23/h2-7,10,13-16H,8-9,11-12H2,1H3,(H,25,26). The van der Waals surface area contributed by atoms with Gasteiger partial charge in [0.15, 0.2) is 5.82 Å². The summed E-state index contributed by atoms with van der Waals surface area (Å²) in [7, 11) is 1.63. The van der Waals surface area contributed by atoms with E-state index in [4.69, 9.17) is 14.0 Å². The third-order valence-electron chi connectivity index (χ3n) is 5.71. The topological polar surface area (TPSA) is 78.5 Å². The molecule has 1 fully saturated rings. The molecule has 0 radical (unpaired) electrons. The lowest BCUT2D eigenvalue weighted by molar-refractivity contribution is 0.0853. The highest BCUT2D eigenvalue weighted by Gasteiger charge is 2.19. The Hall–Kier alpha value is -3.23. The maximum absolute atomic E-state index is 13.0. The number of nitrogens with zero attached hydrogens (tertiary/aromatic N) is 2. The first-order valence-corrected chi connectivity index (χ1v) is 11.3. The number of benzene rings is 2. The van der Waals surface area contributed by atoms with Gasteiger partial charge in [-0.2, -0.15) is 0 Å². The molecule has 2 aromatic heterocycles. The number of aromatic nitrogens is 2. The van der Waals surface area contributed by atoms with Gasteiger partial charge in [0.2, 0.25) is 0 Å². The van der Waals surface area contributed by atoms with Crippen LogP contribution in [0.2, 0.25) is 0 Å². The minimum atomic E-state index is -0.0962. The lowest BCUT2D eigenvalue weighted by Crippen LogP contribution is -2.19. The smallest absolute Gasteiger partial charge is 0.255 e. The Kier molecular flexibility index (Phi) is 5.87. The number of nitrogens with one attached hydrogen (secondary N) is 1. The molecule has 1 N–H and O–H groups in total. The van der Waals surface area contributed by atoms with E-state index >= 15 is 0 Å². The van der Waals surface area contributed by atoms with Crippen LogP contribution in [0.4, 0.5) is 5.82 Å². The molecule has 1 saturated heterocycles. The van der Waals surface area contributed by atoms with E-state index in [0.717, 1.165) is 47.5 Å². The third-order valence-corrected chi connectivity index (χ3v) is 6.51. The van der Waals surface area contributed by atoms with Gasteiger partial charge < -0.3 is 18.7 Å². The number of rotatable bonds is 6. The van der Waals surface area contributed by atoms with Crippen LogP contribution < -0.4 is 15.0 Å². The Morgan fingerprint density at radius 2 is 1.97 bits per heavy atom. The predicted molar refractivity (Wildman–Crippen MR) is 125 cm³/mol. The van der Waals surface area contributed by atoms with Crippen LogP contribution in [0.5, 0.6) is 5.75 Å². The maximum Gasteiger partial charge on any atom is 0.255 e. The van der Waals surface area contributed by atoms with E-state index in [9.17, 15) is 4.79 Å². The van der Waals surface area contributed by atoms with Crippen LogP contribution in [-0.2, 0) is 4.74 Å². The molecule has 3 heterocycles. The minimum Gasteiger partial charge on any atom is -0.495 e. The minimum absolute atomic E-state index is 0.0962. The molecule has 32 heavy (non-hydrogen) atoms. The first-order chi connectivity index (χ1) is 15.7. The molecule has 2 aromatic carbocycles. The van der Waals surface area contributed by atoms with Gasteiger partial charge in [-0.15, -0.1) is 0 Å². The number of hydrogen-bond donors (Lipinski definition) is 1. The van der Waals surface area contributed by atoms with Crippen molar-refractivity contribution < 1.29 is 14.0 Å². The summed E-state index contributed by atoms with van der Waals surface area (Å²) >= 11 is 1.43. The third kappa shape index (κ3) is 4.11. The molecule has 1 aliphatic rings. The number of methoxy groups -OCH3 is 1. The molecule has 0 saturated carbocycles. The monoisotopic (exact) mass is 449 g/mol. The van der Waals surface area contributed by atoms with Gasteiger partial charge in [-0.1, -0.05) is 11.2 Å². The van der Waals surface area contributed by atoms with Crippen LogP contribution in [-0.4, -0.2) is 30.0 Å². The van der Waals surface area contributed by atoms with E-state index in [1.165, 1.54) is 23.8 Å². The van der Waals surface area contributed by atoms with Crippen molar-refractivity contribution in [1.29, 1.82) is 0 Å². The molecule has 0 spiro atoms. The summed E-state index contributed by atoms with van der Waals surface area (Å²) in [4.78, 5) is 14.0. The van der Waals surface area contributed by atoms with Crippen LogP contribution in [0.15, 0.2) is 75.1 Å². The highest BCUT2D eigenvalue weighted by molar-refractivity contribution is 8.00. The molecule has 5 rings (SSSR count). The van der Waals surface area contributed by atoms with E-state index in [0.29, 0.717) is 17.5 Å². The molecule has 7 nitrogen and oxygen atoms in total. The van der Waals surface area contributed by atoms with Crippen molar-refractivity contribution in [3.8, 4) is 11.4 Å². The molecule has 4 aromatic rings. The summed E-state index contributed by atoms with van der Waals surface area (Å²) in [6.45, 7) is 1.53. The largest absolute Gasteiger partial charge is 0.495 e. The summed E-state index contributed by atoms with van der Waals surface area (Å²) in [5, 5.41) is 4.80. The second-order valence-electron chi connectivity index (χ2n) is 7.63. The summed E-state index contributed by atoms with van der Waals surface area (Å²) in [5.74, 6) is 1.74. The Labute approximate surface area is 189 Å². The summed E-state index contributed by atoms with van der Waals surface area (Å²) in [6, 6.07) is 17.3. The van der Waals surface area contributed by atoms with Gasteiger partial charge in [0.25, 0.3) is 5.56 Å². The fraction of sp³-hybridized carbons (Fsp3) is 0.250. The second-order valence-corrected chi connectivity index (χ2v) is 8.51. The van der Waals surface area contributed by atoms with Crippen LogP contribution >= 0.6 is 11.9 Å². The molecular formula is C24H23N3O4S. The highest BCUT2D eigenvalue weighted by atomic mass is 32.2. The number of hydrogen-bond acceptors (Lipinski definition) is 7. The molecule has 0 bridgehead atoms. The van der Waals surface area contributed by atoms with Gasteiger partial charge in [0, 0.05) is 30.2 Å². The van der Waals surface area contributed by atoms with Crippen LogP contribution in [0.3, 0.4) is 0 Å². The van der Waals surface area contributed by atoms with Gasteiger partial charge >= 0.3 is 0 Å². The number of ether oxygens (including phenoxy) is 2. The van der Waals surface area contributed by atoms with Crippen molar-refractivity contribution in [1.82, 2.24) is 9.72 Å². The van der Waals surface area contributed by atoms with Crippen molar-refractivity contribution in [2.24, 2.45) is 0 Å². The zero-order valence-corrected chi connectivity index (χ0v) is 18.4. The number of pyridine rings is 1. The molecule has 164 valence electrons. The number of anilines is 1. The fourth-order valence-electron chi connectivity index (χ4n) is 4.08. The van der Waals surface area contributed by atoms with E-state index in [-0.39, 0.29) is 5.56 Å². The molecular weight excluding hydrogens is 426 g/mol. The predicted octanol–water partition coefficient (Wildman–Crippen LogP) is 5.00. The van der Waals surface area contributed by atoms with Gasteiger partial charge in [-0.25, -0.2) is 0 Å².